The molecule has 0 saturated carbocycles. The van der Waals surface area contributed by atoms with Crippen molar-refractivity contribution < 1.29 is 18.9 Å². The molecule has 0 aromatic carbocycles. The van der Waals surface area contributed by atoms with Gasteiger partial charge in [0.25, 0.3) is 0 Å². The van der Waals surface area contributed by atoms with E-state index in [4.69, 9.17) is 18.9 Å². The summed E-state index contributed by atoms with van der Waals surface area (Å²) < 4.78 is 23.5. The molecule has 136 valence electrons. The lowest BCUT2D eigenvalue weighted by Gasteiger charge is -2.31. The zero-order valence-electron chi connectivity index (χ0n) is 14.4. The van der Waals surface area contributed by atoms with Crippen molar-refractivity contribution in [2.45, 2.75) is 70.7 Å². The predicted octanol–water partition coefficient (Wildman–Crippen LogP) is 4.28. The van der Waals surface area contributed by atoms with Crippen LogP contribution in [-0.4, -0.2) is 55.1 Å². The van der Waals surface area contributed by atoms with Crippen LogP contribution in [0.25, 0.3) is 0 Å². The van der Waals surface area contributed by atoms with Crippen molar-refractivity contribution in [2.24, 2.45) is 0 Å². The Morgan fingerprint density at radius 2 is 1.52 bits per heavy atom. The van der Waals surface area contributed by atoms with Crippen LogP contribution in [0.3, 0.4) is 0 Å². The topological polar surface area (TPSA) is 36.9 Å². The van der Waals surface area contributed by atoms with Crippen molar-refractivity contribution in [1.29, 1.82) is 0 Å². The van der Waals surface area contributed by atoms with Gasteiger partial charge in [-0.1, -0.05) is 6.92 Å². The van der Waals surface area contributed by atoms with E-state index in [1.165, 1.54) is 30.8 Å². The maximum absolute atomic E-state index is 6.07. The normalized spacial score (nSPS) is 27.0. The summed E-state index contributed by atoms with van der Waals surface area (Å²) in [4.78, 5) is 0. The summed E-state index contributed by atoms with van der Waals surface area (Å²) in [7, 11) is 0. The van der Waals surface area contributed by atoms with E-state index >= 15 is 0 Å². The molecule has 0 aromatic heterocycles. The van der Waals surface area contributed by atoms with E-state index in [0.717, 1.165) is 50.4 Å². The van der Waals surface area contributed by atoms with Gasteiger partial charge in [-0.15, -0.1) is 0 Å². The van der Waals surface area contributed by atoms with Crippen molar-refractivity contribution >= 4 is 23.5 Å². The van der Waals surface area contributed by atoms with Crippen LogP contribution in [-0.2, 0) is 18.9 Å². The molecule has 2 saturated heterocycles. The zero-order valence-corrected chi connectivity index (χ0v) is 16.0. The highest BCUT2D eigenvalue weighted by Crippen LogP contribution is 2.22. The minimum Gasteiger partial charge on any atom is -0.353 e. The molecule has 2 fully saturated rings. The highest BCUT2D eigenvalue weighted by atomic mass is 32.2. The zero-order chi connectivity index (χ0) is 16.2. The van der Waals surface area contributed by atoms with E-state index in [2.05, 4.69) is 6.92 Å². The minimum absolute atomic E-state index is 0.103. The largest absolute Gasteiger partial charge is 0.353 e. The number of thioether (sulfide) groups is 2. The van der Waals surface area contributed by atoms with Crippen LogP contribution < -0.4 is 0 Å². The molecule has 0 radical (unpaired) electrons. The predicted molar refractivity (Wildman–Crippen MR) is 98.1 cm³/mol. The van der Waals surface area contributed by atoms with Crippen LogP contribution in [0.15, 0.2) is 0 Å². The summed E-state index contributed by atoms with van der Waals surface area (Å²) in [6.07, 6.45) is 7.41. The molecule has 2 rings (SSSR count). The maximum atomic E-state index is 6.07. The summed E-state index contributed by atoms with van der Waals surface area (Å²) in [5.41, 5.74) is 0. The molecular formula is C17H32O4S2. The molecular weight excluding hydrogens is 332 g/mol. The lowest BCUT2D eigenvalue weighted by Crippen LogP contribution is -2.35. The molecule has 4 nitrogen and oxygen atoms in total. The number of ether oxygens (including phenoxy) is 4. The summed E-state index contributed by atoms with van der Waals surface area (Å²) in [5, 5.41) is 0. The summed E-state index contributed by atoms with van der Waals surface area (Å²) in [5.74, 6) is 4.47. The smallest absolute Gasteiger partial charge is 0.172 e. The van der Waals surface area contributed by atoms with Crippen LogP contribution in [0.1, 0.15) is 51.9 Å². The molecule has 0 N–H and O–H groups in total. The van der Waals surface area contributed by atoms with E-state index in [-0.39, 0.29) is 18.9 Å². The molecule has 0 aliphatic carbocycles. The first-order valence-electron chi connectivity index (χ1n) is 9.08. The first kappa shape index (κ1) is 19.9. The first-order valence-corrected chi connectivity index (χ1v) is 11.4. The van der Waals surface area contributed by atoms with E-state index in [1.807, 2.05) is 23.5 Å². The average molecular weight is 365 g/mol. The second-order valence-electron chi connectivity index (χ2n) is 5.92. The van der Waals surface area contributed by atoms with Gasteiger partial charge in [0.05, 0.1) is 0 Å². The van der Waals surface area contributed by atoms with Gasteiger partial charge in [0.1, 0.15) is 0 Å². The van der Waals surface area contributed by atoms with Gasteiger partial charge < -0.3 is 18.9 Å². The summed E-state index contributed by atoms with van der Waals surface area (Å²) in [6, 6.07) is 0. The SMILES string of the molecule is CCSCCCSCC(OC1CCCCO1)OC1CCCCO1. The molecule has 0 spiro atoms. The molecule has 0 bridgehead atoms. The number of hydrogen-bond donors (Lipinski definition) is 0. The molecule has 2 heterocycles. The third-order valence-electron chi connectivity index (χ3n) is 3.92. The summed E-state index contributed by atoms with van der Waals surface area (Å²) >= 11 is 3.92. The monoisotopic (exact) mass is 364 g/mol. The Morgan fingerprint density at radius 3 is 2.04 bits per heavy atom. The van der Waals surface area contributed by atoms with Crippen molar-refractivity contribution in [3.8, 4) is 0 Å². The quantitative estimate of drug-likeness (QED) is 0.402. The Morgan fingerprint density at radius 1 is 0.913 bits per heavy atom. The van der Waals surface area contributed by atoms with E-state index < -0.39 is 0 Å². The Hall–Kier alpha value is 0.540. The molecule has 0 aromatic rings. The van der Waals surface area contributed by atoms with Crippen molar-refractivity contribution in [1.82, 2.24) is 0 Å². The standard InChI is InChI=1S/C17H32O4S2/c1-2-22-12-7-13-23-14-17(20-15-8-3-5-10-18-15)21-16-9-4-6-11-19-16/h15-17H,2-14H2,1H3. The average Bonchev–Trinajstić information content (AvgIpc) is 2.60. The van der Waals surface area contributed by atoms with Gasteiger partial charge in [-0.25, -0.2) is 0 Å². The lowest BCUT2D eigenvalue weighted by atomic mass is 10.2. The number of rotatable bonds is 11. The Balaban J connectivity index is 1.68. The lowest BCUT2D eigenvalue weighted by molar-refractivity contribution is -0.297. The van der Waals surface area contributed by atoms with Gasteiger partial charge in [0.2, 0.25) is 0 Å². The van der Waals surface area contributed by atoms with Crippen molar-refractivity contribution in [2.75, 3.05) is 36.2 Å². The Bertz CT molecular complexity index is 262. The van der Waals surface area contributed by atoms with Gasteiger partial charge in [-0.05, 0) is 62.2 Å². The van der Waals surface area contributed by atoms with Crippen LogP contribution in [0, 0.1) is 0 Å². The fourth-order valence-corrected chi connectivity index (χ4v) is 4.36. The molecule has 2 aliphatic heterocycles. The molecule has 2 aliphatic rings. The van der Waals surface area contributed by atoms with E-state index in [1.54, 1.807) is 0 Å². The third-order valence-corrected chi connectivity index (χ3v) is 5.99. The van der Waals surface area contributed by atoms with Crippen LogP contribution in [0.2, 0.25) is 0 Å². The van der Waals surface area contributed by atoms with Gasteiger partial charge in [-0.3, -0.25) is 0 Å². The third kappa shape index (κ3) is 8.98. The summed E-state index contributed by atoms with van der Waals surface area (Å²) in [6.45, 7) is 3.82. The van der Waals surface area contributed by atoms with Crippen LogP contribution in [0.5, 0.6) is 0 Å². The highest BCUT2D eigenvalue weighted by Gasteiger charge is 2.24. The minimum atomic E-state index is -0.218. The van der Waals surface area contributed by atoms with Crippen molar-refractivity contribution in [3.63, 3.8) is 0 Å². The van der Waals surface area contributed by atoms with Crippen LogP contribution >= 0.6 is 23.5 Å². The fraction of sp³-hybridized carbons (Fsp3) is 1.00. The molecule has 6 heteroatoms. The molecule has 0 amide bonds. The van der Waals surface area contributed by atoms with Gasteiger partial charge in [0.15, 0.2) is 18.9 Å². The van der Waals surface area contributed by atoms with Gasteiger partial charge in [-0.2, -0.15) is 23.5 Å². The second-order valence-corrected chi connectivity index (χ2v) is 8.46. The highest BCUT2D eigenvalue weighted by molar-refractivity contribution is 8.00. The van der Waals surface area contributed by atoms with Gasteiger partial charge in [0, 0.05) is 19.0 Å². The first-order chi connectivity index (χ1) is 11.4. The van der Waals surface area contributed by atoms with Gasteiger partial charge >= 0.3 is 0 Å². The van der Waals surface area contributed by atoms with E-state index in [9.17, 15) is 0 Å². The Labute approximate surface area is 149 Å². The maximum Gasteiger partial charge on any atom is 0.172 e. The second kappa shape index (κ2) is 12.8. The molecule has 2 unspecified atom stereocenters. The van der Waals surface area contributed by atoms with Crippen molar-refractivity contribution in [3.05, 3.63) is 0 Å². The molecule has 23 heavy (non-hydrogen) atoms. The number of hydrogen-bond acceptors (Lipinski definition) is 6. The molecule has 2 atom stereocenters. The van der Waals surface area contributed by atoms with Crippen LogP contribution in [0.4, 0.5) is 0 Å². The fourth-order valence-electron chi connectivity index (χ4n) is 2.67. The Kier molecular flexibility index (Phi) is 11.1. The van der Waals surface area contributed by atoms with E-state index in [0.29, 0.717) is 0 Å².